The van der Waals surface area contributed by atoms with Crippen LogP contribution < -0.4 is 5.73 Å². The van der Waals surface area contributed by atoms with Crippen LogP contribution in [0.3, 0.4) is 0 Å². The van der Waals surface area contributed by atoms with Crippen molar-refractivity contribution in [2.45, 2.75) is 51.2 Å². The predicted molar refractivity (Wildman–Crippen MR) is 57.3 cm³/mol. The van der Waals surface area contributed by atoms with E-state index < -0.39 is 0 Å². The van der Waals surface area contributed by atoms with Crippen molar-refractivity contribution < 1.29 is 9.47 Å². The average molecular weight is 201 g/mol. The van der Waals surface area contributed by atoms with E-state index in [4.69, 9.17) is 15.2 Å². The van der Waals surface area contributed by atoms with E-state index in [1.54, 1.807) is 0 Å². The van der Waals surface area contributed by atoms with Gasteiger partial charge in [-0.15, -0.1) is 0 Å². The van der Waals surface area contributed by atoms with Gasteiger partial charge in [-0.1, -0.05) is 26.2 Å². The first-order valence-corrected chi connectivity index (χ1v) is 5.79. The first-order valence-electron chi connectivity index (χ1n) is 5.79. The molecular weight excluding hydrogens is 178 g/mol. The summed E-state index contributed by atoms with van der Waals surface area (Å²) in [5.41, 5.74) is 5.91. The van der Waals surface area contributed by atoms with Gasteiger partial charge in [0.25, 0.3) is 0 Å². The number of hydrogen-bond acceptors (Lipinski definition) is 3. The van der Waals surface area contributed by atoms with Crippen LogP contribution >= 0.6 is 0 Å². The van der Waals surface area contributed by atoms with E-state index in [1.807, 2.05) is 0 Å². The Bertz CT molecular complexity index is 141. The van der Waals surface area contributed by atoms with Crippen LogP contribution in [-0.2, 0) is 9.47 Å². The molecule has 2 unspecified atom stereocenters. The van der Waals surface area contributed by atoms with Gasteiger partial charge in [-0.2, -0.15) is 0 Å². The summed E-state index contributed by atoms with van der Waals surface area (Å²) >= 11 is 0. The molecule has 2 N–H and O–H groups in total. The summed E-state index contributed by atoms with van der Waals surface area (Å²) in [6.07, 6.45) is 6.05. The lowest BCUT2D eigenvalue weighted by Crippen LogP contribution is -2.44. The summed E-state index contributed by atoms with van der Waals surface area (Å²) in [7, 11) is 0. The Hall–Kier alpha value is -0.120. The highest BCUT2D eigenvalue weighted by molar-refractivity contribution is 4.76. The van der Waals surface area contributed by atoms with Crippen molar-refractivity contribution in [3.63, 3.8) is 0 Å². The molecule has 2 atom stereocenters. The molecule has 1 rings (SSSR count). The third-order valence-corrected chi connectivity index (χ3v) is 2.68. The molecule has 1 heterocycles. The Kier molecular flexibility index (Phi) is 6.15. The number of hydrogen-bond donors (Lipinski definition) is 1. The largest absolute Gasteiger partial charge is 0.379 e. The molecule has 0 aromatic rings. The molecule has 3 nitrogen and oxygen atoms in total. The van der Waals surface area contributed by atoms with Crippen molar-refractivity contribution in [2.24, 2.45) is 5.73 Å². The molecule has 1 aliphatic rings. The van der Waals surface area contributed by atoms with E-state index in [1.165, 1.54) is 19.3 Å². The maximum Gasteiger partial charge on any atom is 0.0959 e. The molecule has 0 bridgehead atoms. The quantitative estimate of drug-likeness (QED) is 0.665. The van der Waals surface area contributed by atoms with Gasteiger partial charge in [-0.3, -0.25) is 0 Å². The standard InChI is InChI=1S/C11H23NO2/c1-2-3-4-5-7-14-11-9-13-8-6-10(11)12/h10-11H,2-9,12H2,1H3. The zero-order chi connectivity index (χ0) is 10.2. The zero-order valence-corrected chi connectivity index (χ0v) is 9.21. The van der Waals surface area contributed by atoms with Crippen molar-refractivity contribution in [3.8, 4) is 0 Å². The second-order valence-corrected chi connectivity index (χ2v) is 4.00. The van der Waals surface area contributed by atoms with Crippen LogP contribution in [-0.4, -0.2) is 32.0 Å². The highest BCUT2D eigenvalue weighted by Gasteiger charge is 2.22. The molecule has 0 radical (unpaired) electrons. The summed E-state index contributed by atoms with van der Waals surface area (Å²) in [6.45, 7) is 4.51. The van der Waals surface area contributed by atoms with Crippen LogP contribution in [0.25, 0.3) is 0 Å². The topological polar surface area (TPSA) is 44.5 Å². The molecule has 1 saturated heterocycles. The van der Waals surface area contributed by atoms with Gasteiger partial charge in [-0.05, 0) is 12.8 Å². The first-order chi connectivity index (χ1) is 6.84. The van der Waals surface area contributed by atoms with Crippen LogP contribution in [0.15, 0.2) is 0 Å². The van der Waals surface area contributed by atoms with Crippen molar-refractivity contribution in [2.75, 3.05) is 19.8 Å². The fraction of sp³-hybridized carbons (Fsp3) is 1.00. The molecule has 84 valence electrons. The monoisotopic (exact) mass is 201 g/mol. The summed E-state index contributed by atoms with van der Waals surface area (Å²) in [5.74, 6) is 0. The van der Waals surface area contributed by atoms with E-state index in [-0.39, 0.29) is 12.1 Å². The normalized spacial score (nSPS) is 27.9. The molecule has 3 heteroatoms. The number of rotatable bonds is 6. The van der Waals surface area contributed by atoms with Crippen LogP contribution in [0.4, 0.5) is 0 Å². The highest BCUT2D eigenvalue weighted by Crippen LogP contribution is 2.10. The molecule has 14 heavy (non-hydrogen) atoms. The second-order valence-electron chi connectivity index (χ2n) is 4.00. The molecule has 0 saturated carbocycles. The average Bonchev–Trinajstić information content (AvgIpc) is 2.20. The van der Waals surface area contributed by atoms with Gasteiger partial charge in [0.1, 0.15) is 0 Å². The SMILES string of the molecule is CCCCCCOC1COCCC1N. The van der Waals surface area contributed by atoms with Crippen LogP contribution in [0.5, 0.6) is 0 Å². The number of unbranched alkanes of at least 4 members (excludes halogenated alkanes) is 3. The predicted octanol–water partition coefficient (Wildman–Crippen LogP) is 1.70. The Morgan fingerprint density at radius 3 is 2.93 bits per heavy atom. The van der Waals surface area contributed by atoms with Gasteiger partial charge in [0, 0.05) is 19.3 Å². The van der Waals surface area contributed by atoms with Crippen molar-refractivity contribution in [1.82, 2.24) is 0 Å². The minimum absolute atomic E-state index is 0.130. The Labute approximate surface area is 86.9 Å². The van der Waals surface area contributed by atoms with Crippen LogP contribution in [0.1, 0.15) is 39.0 Å². The number of nitrogens with two attached hydrogens (primary N) is 1. The fourth-order valence-corrected chi connectivity index (χ4v) is 1.66. The van der Waals surface area contributed by atoms with Gasteiger partial charge >= 0.3 is 0 Å². The molecule has 0 aromatic heterocycles. The lowest BCUT2D eigenvalue weighted by Gasteiger charge is -2.28. The molecule has 0 aliphatic carbocycles. The van der Waals surface area contributed by atoms with E-state index in [9.17, 15) is 0 Å². The first kappa shape index (κ1) is 12.0. The van der Waals surface area contributed by atoms with Gasteiger partial charge in [0.15, 0.2) is 0 Å². The molecular formula is C11H23NO2. The molecule has 0 aromatic carbocycles. The lowest BCUT2D eigenvalue weighted by molar-refractivity contribution is -0.0618. The summed E-state index contributed by atoms with van der Waals surface area (Å²) in [5, 5.41) is 0. The van der Waals surface area contributed by atoms with Crippen molar-refractivity contribution >= 4 is 0 Å². The minimum atomic E-state index is 0.130. The lowest BCUT2D eigenvalue weighted by atomic mass is 10.1. The van der Waals surface area contributed by atoms with Crippen LogP contribution in [0, 0.1) is 0 Å². The fourth-order valence-electron chi connectivity index (χ4n) is 1.66. The summed E-state index contributed by atoms with van der Waals surface area (Å²) in [6, 6.07) is 0.176. The molecule has 0 spiro atoms. The van der Waals surface area contributed by atoms with E-state index in [0.29, 0.717) is 6.61 Å². The smallest absolute Gasteiger partial charge is 0.0959 e. The maximum absolute atomic E-state index is 5.91. The van der Waals surface area contributed by atoms with Crippen molar-refractivity contribution in [1.29, 1.82) is 0 Å². The maximum atomic E-state index is 5.91. The van der Waals surface area contributed by atoms with Crippen molar-refractivity contribution in [3.05, 3.63) is 0 Å². The van der Waals surface area contributed by atoms with Gasteiger partial charge in [-0.25, -0.2) is 0 Å². The Morgan fingerprint density at radius 2 is 2.21 bits per heavy atom. The highest BCUT2D eigenvalue weighted by atomic mass is 16.5. The molecule has 1 fully saturated rings. The third kappa shape index (κ3) is 4.40. The van der Waals surface area contributed by atoms with Crippen LogP contribution in [0.2, 0.25) is 0 Å². The van der Waals surface area contributed by atoms with E-state index >= 15 is 0 Å². The van der Waals surface area contributed by atoms with E-state index in [2.05, 4.69) is 6.92 Å². The number of ether oxygens (including phenoxy) is 2. The van der Waals surface area contributed by atoms with E-state index in [0.717, 1.165) is 26.1 Å². The second kappa shape index (κ2) is 7.21. The Morgan fingerprint density at radius 1 is 1.36 bits per heavy atom. The van der Waals surface area contributed by atoms with Gasteiger partial charge in [0.05, 0.1) is 12.7 Å². The molecule has 0 amide bonds. The van der Waals surface area contributed by atoms with Gasteiger partial charge < -0.3 is 15.2 Å². The van der Waals surface area contributed by atoms with Gasteiger partial charge in [0.2, 0.25) is 0 Å². The minimum Gasteiger partial charge on any atom is -0.379 e. The molecule has 1 aliphatic heterocycles. The summed E-state index contributed by atoms with van der Waals surface area (Å²) < 4.78 is 11.0. The Balaban J connectivity index is 1.99. The zero-order valence-electron chi connectivity index (χ0n) is 9.21. The summed E-state index contributed by atoms with van der Waals surface area (Å²) in [4.78, 5) is 0. The third-order valence-electron chi connectivity index (χ3n) is 2.68.